The standard InChI is InChI=1S/C27H31N3O4/c1-2-34-27(33)24(16-18-10-4-3-5-11-18)30-25(31)20-13-7-9-15-22(20)29-26(32)23-17-19-12-6-8-14-21(19)28-23/h6-9,12-15,17-18,24,28H,2-5,10-11,16H2,1H3,(H,29,32)(H,30,31). The maximum Gasteiger partial charge on any atom is 0.328 e. The molecule has 1 fully saturated rings. The van der Waals surface area contributed by atoms with Gasteiger partial charge in [0.1, 0.15) is 11.7 Å². The van der Waals surface area contributed by atoms with E-state index in [-0.39, 0.29) is 12.5 Å². The highest BCUT2D eigenvalue weighted by atomic mass is 16.5. The molecule has 1 atom stereocenters. The van der Waals surface area contributed by atoms with E-state index >= 15 is 0 Å². The van der Waals surface area contributed by atoms with Crippen molar-refractivity contribution in [2.45, 2.75) is 51.5 Å². The van der Waals surface area contributed by atoms with Crippen molar-refractivity contribution >= 4 is 34.4 Å². The number of rotatable bonds is 8. The summed E-state index contributed by atoms with van der Waals surface area (Å²) in [5.74, 6) is -0.788. The molecule has 2 amide bonds. The predicted octanol–water partition coefficient (Wildman–Crippen LogP) is 5.05. The number of aromatic nitrogens is 1. The minimum Gasteiger partial charge on any atom is -0.464 e. The van der Waals surface area contributed by atoms with Crippen molar-refractivity contribution in [3.8, 4) is 0 Å². The summed E-state index contributed by atoms with van der Waals surface area (Å²) in [5, 5.41) is 6.63. The number of fused-ring (bicyclic) bond motifs is 1. The first-order valence-electron chi connectivity index (χ1n) is 12.0. The number of esters is 1. The molecule has 178 valence electrons. The summed E-state index contributed by atoms with van der Waals surface area (Å²) in [7, 11) is 0. The van der Waals surface area contributed by atoms with E-state index in [0.29, 0.717) is 29.3 Å². The topological polar surface area (TPSA) is 100 Å². The Morgan fingerprint density at radius 3 is 2.50 bits per heavy atom. The lowest BCUT2D eigenvalue weighted by Gasteiger charge is -2.26. The highest BCUT2D eigenvalue weighted by Gasteiger charge is 2.28. The molecule has 0 spiro atoms. The van der Waals surface area contributed by atoms with Gasteiger partial charge in [-0.15, -0.1) is 0 Å². The molecule has 34 heavy (non-hydrogen) atoms. The summed E-state index contributed by atoms with van der Waals surface area (Å²) in [4.78, 5) is 41.8. The minimum absolute atomic E-state index is 0.257. The van der Waals surface area contributed by atoms with Crippen LogP contribution in [-0.4, -0.2) is 35.4 Å². The average molecular weight is 462 g/mol. The number of para-hydroxylation sites is 2. The average Bonchev–Trinajstić information content (AvgIpc) is 3.29. The van der Waals surface area contributed by atoms with Gasteiger partial charge in [0.15, 0.2) is 0 Å². The van der Waals surface area contributed by atoms with E-state index in [0.717, 1.165) is 36.6 Å². The van der Waals surface area contributed by atoms with Crippen molar-refractivity contribution in [1.82, 2.24) is 10.3 Å². The van der Waals surface area contributed by atoms with Gasteiger partial charge in [-0.3, -0.25) is 9.59 Å². The predicted molar refractivity (Wildman–Crippen MR) is 132 cm³/mol. The number of anilines is 1. The zero-order valence-electron chi connectivity index (χ0n) is 19.4. The van der Waals surface area contributed by atoms with Crippen LogP contribution in [0.1, 0.15) is 66.3 Å². The highest BCUT2D eigenvalue weighted by Crippen LogP contribution is 2.28. The molecule has 1 aliphatic rings. The van der Waals surface area contributed by atoms with Crippen LogP contribution in [-0.2, 0) is 9.53 Å². The van der Waals surface area contributed by atoms with Crippen LogP contribution in [0.3, 0.4) is 0 Å². The Morgan fingerprint density at radius 1 is 1.00 bits per heavy atom. The van der Waals surface area contributed by atoms with Gasteiger partial charge in [-0.05, 0) is 43.5 Å². The van der Waals surface area contributed by atoms with Gasteiger partial charge in [0.2, 0.25) is 0 Å². The molecule has 3 N–H and O–H groups in total. The molecule has 7 heteroatoms. The van der Waals surface area contributed by atoms with Crippen molar-refractivity contribution in [2.24, 2.45) is 5.92 Å². The molecule has 2 aromatic carbocycles. The second kappa shape index (κ2) is 11.0. The molecule has 3 aromatic rings. The van der Waals surface area contributed by atoms with Crippen LogP contribution in [0.15, 0.2) is 54.6 Å². The first-order chi connectivity index (χ1) is 16.5. The fourth-order valence-electron chi connectivity index (χ4n) is 4.62. The van der Waals surface area contributed by atoms with E-state index in [1.54, 1.807) is 37.3 Å². The van der Waals surface area contributed by atoms with Crippen molar-refractivity contribution in [2.75, 3.05) is 11.9 Å². The number of amides is 2. The van der Waals surface area contributed by atoms with Gasteiger partial charge in [0.25, 0.3) is 11.8 Å². The van der Waals surface area contributed by atoms with Gasteiger partial charge in [0, 0.05) is 10.9 Å². The number of nitrogens with one attached hydrogen (secondary N) is 3. The molecule has 1 aliphatic carbocycles. The number of H-pyrrole nitrogens is 1. The molecule has 0 radical (unpaired) electrons. The second-order valence-corrected chi connectivity index (χ2v) is 8.79. The number of hydrogen-bond donors (Lipinski definition) is 3. The molecule has 4 rings (SSSR count). The second-order valence-electron chi connectivity index (χ2n) is 8.79. The number of hydrogen-bond acceptors (Lipinski definition) is 4. The summed E-state index contributed by atoms with van der Waals surface area (Å²) in [6.07, 6.45) is 6.20. The lowest BCUT2D eigenvalue weighted by molar-refractivity contribution is -0.146. The van der Waals surface area contributed by atoms with Gasteiger partial charge in [-0.2, -0.15) is 0 Å². The smallest absolute Gasteiger partial charge is 0.328 e. The van der Waals surface area contributed by atoms with Crippen LogP contribution in [0.5, 0.6) is 0 Å². The van der Waals surface area contributed by atoms with Gasteiger partial charge in [-0.1, -0.05) is 62.4 Å². The number of benzene rings is 2. The molecule has 1 heterocycles. The van der Waals surface area contributed by atoms with Crippen molar-refractivity contribution in [3.05, 3.63) is 65.9 Å². The fourth-order valence-corrected chi connectivity index (χ4v) is 4.62. The van der Waals surface area contributed by atoms with Crippen molar-refractivity contribution in [1.29, 1.82) is 0 Å². The highest BCUT2D eigenvalue weighted by molar-refractivity contribution is 6.10. The summed E-state index contributed by atoms with van der Waals surface area (Å²) in [6, 6.07) is 15.5. The quantitative estimate of drug-likeness (QED) is 0.409. The summed E-state index contributed by atoms with van der Waals surface area (Å²) >= 11 is 0. The van der Waals surface area contributed by atoms with Gasteiger partial charge >= 0.3 is 5.97 Å². The molecular formula is C27H31N3O4. The first kappa shape index (κ1) is 23.5. The Hall–Kier alpha value is -3.61. The summed E-state index contributed by atoms with van der Waals surface area (Å²) < 4.78 is 5.24. The third kappa shape index (κ3) is 5.65. The largest absolute Gasteiger partial charge is 0.464 e. The van der Waals surface area contributed by atoms with Crippen LogP contribution >= 0.6 is 0 Å². The first-order valence-corrected chi connectivity index (χ1v) is 12.0. The van der Waals surface area contributed by atoms with Crippen molar-refractivity contribution < 1.29 is 19.1 Å². The molecule has 0 aliphatic heterocycles. The normalized spacial score (nSPS) is 15.0. The van der Waals surface area contributed by atoms with Crippen LogP contribution in [0.4, 0.5) is 5.69 Å². The Morgan fingerprint density at radius 2 is 1.74 bits per heavy atom. The molecule has 1 saturated carbocycles. The monoisotopic (exact) mass is 461 g/mol. The van der Waals surface area contributed by atoms with E-state index in [1.165, 1.54) is 6.42 Å². The molecule has 0 saturated heterocycles. The Balaban J connectivity index is 1.49. The Bertz CT molecular complexity index is 1130. The van der Waals surface area contributed by atoms with Crippen LogP contribution < -0.4 is 10.6 Å². The van der Waals surface area contributed by atoms with Gasteiger partial charge in [-0.25, -0.2) is 4.79 Å². The van der Waals surface area contributed by atoms with E-state index < -0.39 is 17.9 Å². The molecule has 7 nitrogen and oxygen atoms in total. The zero-order chi connectivity index (χ0) is 23.9. The zero-order valence-corrected chi connectivity index (χ0v) is 19.4. The third-order valence-corrected chi connectivity index (χ3v) is 6.36. The fraction of sp³-hybridized carbons (Fsp3) is 0.370. The molecule has 1 aromatic heterocycles. The Kier molecular flexibility index (Phi) is 7.62. The van der Waals surface area contributed by atoms with E-state index in [9.17, 15) is 14.4 Å². The minimum atomic E-state index is -0.715. The number of ether oxygens (including phenoxy) is 1. The number of carbonyl (C=O) groups is 3. The number of carbonyl (C=O) groups excluding carboxylic acids is 3. The lowest BCUT2D eigenvalue weighted by Crippen LogP contribution is -2.43. The van der Waals surface area contributed by atoms with E-state index in [4.69, 9.17) is 4.74 Å². The maximum atomic E-state index is 13.2. The summed E-state index contributed by atoms with van der Waals surface area (Å²) in [6.45, 7) is 2.01. The lowest BCUT2D eigenvalue weighted by atomic mass is 9.84. The molecular weight excluding hydrogens is 430 g/mol. The van der Waals surface area contributed by atoms with Crippen LogP contribution in [0.25, 0.3) is 10.9 Å². The maximum absolute atomic E-state index is 13.2. The summed E-state index contributed by atoms with van der Waals surface area (Å²) in [5.41, 5.74) is 1.94. The molecule has 1 unspecified atom stereocenters. The van der Waals surface area contributed by atoms with E-state index in [2.05, 4.69) is 15.6 Å². The van der Waals surface area contributed by atoms with E-state index in [1.807, 2.05) is 24.3 Å². The van der Waals surface area contributed by atoms with Gasteiger partial charge in [0.05, 0.1) is 17.9 Å². The molecule has 0 bridgehead atoms. The SMILES string of the molecule is CCOC(=O)C(CC1CCCCC1)NC(=O)c1ccccc1NC(=O)c1cc2ccccc2[nH]1. The van der Waals surface area contributed by atoms with Crippen LogP contribution in [0, 0.1) is 5.92 Å². The van der Waals surface area contributed by atoms with Crippen molar-refractivity contribution in [3.63, 3.8) is 0 Å². The van der Waals surface area contributed by atoms with Gasteiger partial charge < -0.3 is 20.4 Å². The Labute approximate surface area is 199 Å². The number of aromatic amines is 1. The van der Waals surface area contributed by atoms with Crippen LogP contribution in [0.2, 0.25) is 0 Å². The third-order valence-electron chi connectivity index (χ3n) is 6.36.